The summed E-state index contributed by atoms with van der Waals surface area (Å²) in [7, 11) is 0. The minimum Gasteiger partial charge on any atom is -0.378 e. The van der Waals surface area contributed by atoms with Gasteiger partial charge in [0.05, 0.1) is 16.0 Å². The van der Waals surface area contributed by atoms with Crippen LogP contribution < -0.4 is 11.2 Å². The molecule has 0 aliphatic heterocycles. The van der Waals surface area contributed by atoms with E-state index in [4.69, 9.17) is 5.73 Å². The van der Waals surface area contributed by atoms with Gasteiger partial charge in [-0.15, -0.1) is 16.4 Å². The summed E-state index contributed by atoms with van der Waals surface area (Å²) in [5.41, 5.74) is 8.71. The van der Waals surface area contributed by atoms with Gasteiger partial charge in [-0.05, 0) is 21.8 Å². The molecular formula is C16H11N9O4S. The maximum atomic E-state index is 12.7. The Morgan fingerprint density at radius 1 is 1.33 bits per heavy atom. The molecule has 13 nitrogen and oxygen atoms in total. The van der Waals surface area contributed by atoms with Crippen LogP contribution in [0.2, 0.25) is 0 Å². The normalized spacial score (nSPS) is 11.1. The first-order valence-corrected chi connectivity index (χ1v) is 9.08. The number of hydrogen-bond acceptors (Lipinski definition) is 11. The molecule has 0 spiro atoms. The fourth-order valence-electron chi connectivity index (χ4n) is 2.49. The van der Waals surface area contributed by atoms with Crippen molar-refractivity contribution in [3.05, 3.63) is 63.1 Å². The first-order valence-electron chi connectivity index (χ1n) is 8.20. The fourth-order valence-corrected chi connectivity index (χ4v) is 3.25. The van der Waals surface area contributed by atoms with Crippen molar-refractivity contribution in [3.8, 4) is 16.4 Å². The molecule has 3 aromatic heterocycles. The van der Waals surface area contributed by atoms with Gasteiger partial charge in [0.1, 0.15) is 5.69 Å². The number of hydrogen-bond donors (Lipinski definition) is 2. The molecule has 0 saturated heterocycles. The minimum atomic E-state index is -0.652. The summed E-state index contributed by atoms with van der Waals surface area (Å²) in [6.45, 7) is 0. The quantitative estimate of drug-likeness (QED) is 0.263. The van der Waals surface area contributed by atoms with Crippen LogP contribution in [0, 0.1) is 10.1 Å². The SMILES string of the molecule is Nc1nonc1-n1nnc(C(=O)NN=Cc2cccc([N+](=O)[O-])c2)c1-c1cccs1. The molecule has 1 amide bonds. The summed E-state index contributed by atoms with van der Waals surface area (Å²) in [5.74, 6) is -0.584. The second-order valence-electron chi connectivity index (χ2n) is 5.70. The lowest BCUT2D eigenvalue weighted by atomic mass is 10.2. The summed E-state index contributed by atoms with van der Waals surface area (Å²) < 4.78 is 5.85. The van der Waals surface area contributed by atoms with Crippen molar-refractivity contribution in [2.75, 3.05) is 5.73 Å². The maximum Gasteiger partial charge on any atom is 0.294 e. The molecule has 0 unspecified atom stereocenters. The molecule has 150 valence electrons. The number of aromatic nitrogens is 5. The van der Waals surface area contributed by atoms with Gasteiger partial charge in [-0.1, -0.05) is 23.4 Å². The lowest BCUT2D eigenvalue weighted by molar-refractivity contribution is -0.384. The molecule has 4 aromatic rings. The van der Waals surface area contributed by atoms with Gasteiger partial charge >= 0.3 is 0 Å². The van der Waals surface area contributed by atoms with Crippen molar-refractivity contribution < 1.29 is 14.3 Å². The van der Waals surface area contributed by atoms with Gasteiger partial charge in [-0.3, -0.25) is 14.9 Å². The van der Waals surface area contributed by atoms with Gasteiger partial charge in [0.25, 0.3) is 11.6 Å². The van der Waals surface area contributed by atoms with E-state index < -0.39 is 10.8 Å². The van der Waals surface area contributed by atoms with Crippen molar-refractivity contribution >= 4 is 35.0 Å². The standard InChI is InChI=1S/C16H11N9O4S/c17-14-15(22-29-21-14)24-13(11-5-2-6-30-11)12(19-23-24)16(26)20-18-8-9-3-1-4-10(7-9)25(27)28/h1-8H,(H2,17,21)(H,20,26). The van der Waals surface area contributed by atoms with E-state index in [2.05, 4.69) is 35.8 Å². The highest BCUT2D eigenvalue weighted by Gasteiger charge is 2.25. The average molecular weight is 425 g/mol. The third-order valence-electron chi connectivity index (χ3n) is 3.80. The predicted molar refractivity (Wildman–Crippen MR) is 105 cm³/mol. The molecule has 0 radical (unpaired) electrons. The summed E-state index contributed by atoms with van der Waals surface area (Å²) in [6, 6.07) is 9.36. The number of carbonyl (C=O) groups is 1. The number of anilines is 1. The van der Waals surface area contributed by atoms with Crippen LogP contribution in [0.3, 0.4) is 0 Å². The van der Waals surface area contributed by atoms with Gasteiger partial charge in [0, 0.05) is 17.7 Å². The molecular weight excluding hydrogens is 414 g/mol. The molecule has 3 heterocycles. The molecule has 1 aromatic carbocycles. The van der Waals surface area contributed by atoms with Crippen LogP contribution in [0.15, 0.2) is 51.5 Å². The monoisotopic (exact) mass is 425 g/mol. The highest BCUT2D eigenvalue weighted by atomic mass is 32.1. The van der Waals surface area contributed by atoms with Crippen molar-refractivity contribution in [3.63, 3.8) is 0 Å². The molecule has 4 rings (SSSR count). The number of nitro groups is 1. The highest BCUT2D eigenvalue weighted by molar-refractivity contribution is 7.13. The first-order chi connectivity index (χ1) is 14.5. The van der Waals surface area contributed by atoms with Crippen molar-refractivity contribution in [2.24, 2.45) is 5.10 Å². The second kappa shape index (κ2) is 7.88. The fraction of sp³-hybridized carbons (Fsp3) is 0. The first kappa shape index (κ1) is 18.9. The third kappa shape index (κ3) is 3.61. The van der Waals surface area contributed by atoms with Crippen LogP contribution in [0.4, 0.5) is 11.5 Å². The number of amides is 1. The van der Waals surface area contributed by atoms with Crippen LogP contribution in [0.1, 0.15) is 16.1 Å². The number of nitrogens with one attached hydrogen (secondary N) is 1. The molecule has 3 N–H and O–H groups in total. The second-order valence-corrected chi connectivity index (χ2v) is 6.65. The van der Waals surface area contributed by atoms with Crippen LogP contribution >= 0.6 is 11.3 Å². The molecule has 30 heavy (non-hydrogen) atoms. The van der Waals surface area contributed by atoms with Gasteiger partial charge in [0.15, 0.2) is 5.69 Å². The van der Waals surface area contributed by atoms with Gasteiger partial charge in [-0.25, -0.2) is 10.1 Å². The lowest BCUT2D eigenvalue weighted by Gasteiger charge is -2.03. The molecule has 0 saturated carbocycles. The van der Waals surface area contributed by atoms with Crippen molar-refractivity contribution in [1.82, 2.24) is 30.7 Å². The van der Waals surface area contributed by atoms with E-state index in [-0.39, 0.29) is 23.0 Å². The van der Waals surface area contributed by atoms with Crippen molar-refractivity contribution in [2.45, 2.75) is 0 Å². The van der Waals surface area contributed by atoms with E-state index in [9.17, 15) is 14.9 Å². The van der Waals surface area contributed by atoms with Gasteiger partial charge < -0.3 is 5.73 Å². The highest BCUT2D eigenvalue weighted by Crippen LogP contribution is 2.29. The Morgan fingerprint density at radius 2 is 2.20 bits per heavy atom. The number of carbonyl (C=O) groups excluding carboxylic acids is 1. The number of hydrazone groups is 1. The van der Waals surface area contributed by atoms with Gasteiger partial charge in [-0.2, -0.15) is 9.78 Å². The smallest absolute Gasteiger partial charge is 0.294 e. The Hall–Kier alpha value is -4.46. The topological polar surface area (TPSA) is 180 Å². The van der Waals surface area contributed by atoms with E-state index in [1.165, 1.54) is 40.4 Å². The number of non-ortho nitro benzene ring substituents is 1. The molecule has 0 aliphatic rings. The minimum absolute atomic E-state index is 0.0200. The third-order valence-corrected chi connectivity index (χ3v) is 4.67. The molecule has 14 heteroatoms. The number of thiophene rings is 1. The number of benzene rings is 1. The predicted octanol–water partition coefficient (Wildman–Crippen LogP) is 1.63. The van der Waals surface area contributed by atoms with Crippen molar-refractivity contribution in [1.29, 1.82) is 0 Å². The molecule has 0 bridgehead atoms. The zero-order valence-corrected chi connectivity index (χ0v) is 15.7. The summed E-state index contributed by atoms with van der Waals surface area (Å²) in [6.07, 6.45) is 1.28. The Balaban J connectivity index is 1.62. The zero-order chi connectivity index (χ0) is 21.1. The number of nitro benzene ring substituents is 1. The summed E-state index contributed by atoms with van der Waals surface area (Å²) in [5, 5.41) is 31.5. The molecule has 0 fully saturated rings. The van der Waals surface area contributed by atoms with Crippen LogP contribution in [-0.2, 0) is 0 Å². The Labute approximate surface area is 170 Å². The van der Waals surface area contributed by atoms with Gasteiger partial charge in [0.2, 0.25) is 11.6 Å². The van der Waals surface area contributed by atoms with Crippen LogP contribution in [0.5, 0.6) is 0 Å². The number of nitrogens with zero attached hydrogens (tertiary/aromatic N) is 7. The van der Waals surface area contributed by atoms with Crippen LogP contribution in [-0.4, -0.2) is 42.4 Å². The molecule has 0 atom stereocenters. The van der Waals surface area contributed by atoms with E-state index in [1.54, 1.807) is 18.2 Å². The Morgan fingerprint density at radius 3 is 2.90 bits per heavy atom. The van der Waals surface area contributed by atoms with E-state index in [0.717, 1.165) is 0 Å². The largest absolute Gasteiger partial charge is 0.378 e. The van der Waals surface area contributed by atoms with E-state index >= 15 is 0 Å². The zero-order valence-electron chi connectivity index (χ0n) is 14.9. The number of rotatable bonds is 6. The number of nitrogens with two attached hydrogens (primary N) is 1. The summed E-state index contributed by atoms with van der Waals surface area (Å²) in [4.78, 5) is 23.7. The lowest BCUT2D eigenvalue weighted by Crippen LogP contribution is -2.19. The summed E-state index contributed by atoms with van der Waals surface area (Å²) >= 11 is 1.35. The van der Waals surface area contributed by atoms with Crippen LogP contribution in [0.25, 0.3) is 16.4 Å². The van der Waals surface area contributed by atoms with E-state index in [1.807, 2.05) is 5.38 Å². The maximum absolute atomic E-state index is 12.7. The Bertz CT molecular complexity index is 1250. The Kier molecular flexibility index (Phi) is 4.96. The number of nitrogen functional groups attached to an aromatic ring is 1. The average Bonchev–Trinajstić information content (AvgIpc) is 3.48. The van der Waals surface area contributed by atoms with E-state index in [0.29, 0.717) is 16.1 Å². The molecule has 0 aliphatic carbocycles.